The van der Waals surface area contributed by atoms with Crippen LogP contribution in [0.4, 0.5) is 0 Å². The minimum atomic E-state index is -4.02. The molecule has 0 aromatic heterocycles. The molecule has 180 valence electrons. The highest BCUT2D eigenvalue weighted by atomic mass is 35.5. The Morgan fingerprint density at radius 2 is 1.31 bits per heavy atom. The molecule has 12 heteroatoms. The van der Waals surface area contributed by atoms with E-state index in [0.29, 0.717) is 61.2 Å². The first-order valence-corrected chi connectivity index (χ1v) is 11.7. The molecule has 0 saturated carbocycles. The Morgan fingerprint density at radius 1 is 0.828 bits per heavy atom. The van der Waals surface area contributed by atoms with E-state index in [4.69, 9.17) is 0 Å². The van der Waals surface area contributed by atoms with Crippen LogP contribution in [0.15, 0.2) is 0 Å². The van der Waals surface area contributed by atoms with Gasteiger partial charge in [0.25, 0.3) is 0 Å². The monoisotopic (exact) mass is 482 g/mol. The van der Waals surface area contributed by atoms with Crippen LogP contribution in [0.1, 0.15) is 6.42 Å². The van der Waals surface area contributed by atoms with E-state index in [0.717, 1.165) is 0 Å². The van der Waals surface area contributed by atoms with E-state index in [-0.39, 0.29) is 30.9 Å². The molecule has 0 aliphatic heterocycles. The quantitative estimate of drug-likeness (QED) is 0.0779. The Kier molecular flexibility index (Phi) is 17.9. The summed E-state index contributed by atoms with van der Waals surface area (Å²) < 4.78 is 1.35. The molecule has 29 heavy (non-hydrogen) atoms. The normalized spacial score (nSPS) is 14.9. The topological polar surface area (TPSA) is 116 Å². The molecule has 0 aliphatic rings. The summed E-state index contributed by atoms with van der Waals surface area (Å²) in [6.07, 6.45) is -0.461. The minimum Gasteiger partial charge on any atom is -1.00 e. The van der Waals surface area contributed by atoms with E-state index < -0.39 is 21.0 Å². The van der Waals surface area contributed by atoms with Crippen molar-refractivity contribution in [3.05, 3.63) is 0 Å². The minimum absolute atomic E-state index is 0. The van der Waals surface area contributed by atoms with Crippen LogP contribution in [0, 0.1) is 0 Å². The molecule has 6 N–H and O–H groups in total. The number of quaternary nitrogens is 2. The molecule has 2 atom stereocenters. The average Bonchev–Trinajstić information content (AvgIpc) is 2.37. The molecule has 2 unspecified atom stereocenters. The molecule has 0 saturated heterocycles. The molecular weight excluding hydrogens is 439 g/mol. The maximum atomic E-state index is 10.3. The zero-order valence-electron chi connectivity index (χ0n) is 18.9. The van der Waals surface area contributed by atoms with Crippen molar-refractivity contribution in [2.75, 3.05) is 88.1 Å². The van der Waals surface area contributed by atoms with E-state index in [1.807, 2.05) is 42.3 Å². The van der Waals surface area contributed by atoms with Gasteiger partial charge >= 0.3 is 8.80 Å². The molecule has 0 radical (unpaired) electrons. The van der Waals surface area contributed by atoms with Crippen LogP contribution < -0.4 is 30.1 Å². The van der Waals surface area contributed by atoms with Crippen LogP contribution in [0.2, 0.25) is 6.04 Å². The highest BCUT2D eigenvalue weighted by Crippen LogP contribution is 2.05. The summed E-state index contributed by atoms with van der Waals surface area (Å²) in [7, 11) is 8.15. The predicted molar refractivity (Wildman–Crippen MR) is 109 cm³/mol. The van der Waals surface area contributed by atoms with Crippen molar-refractivity contribution in [1.82, 2.24) is 10.2 Å². The predicted octanol–water partition coefficient (Wildman–Crippen LogP) is -8.67. The highest BCUT2D eigenvalue weighted by molar-refractivity contribution is 6.56. The highest BCUT2D eigenvalue weighted by Gasteiger charge is 2.26. The smallest absolute Gasteiger partial charge is 0.492 e. The van der Waals surface area contributed by atoms with Crippen molar-refractivity contribution in [3.8, 4) is 0 Å². The number of nitrogens with zero attached hydrogens (tertiary/aromatic N) is 3. The number of aliphatic hydroxyl groups excluding tert-OH is 2. The van der Waals surface area contributed by atoms with Crippen LogP contribution in [-0.4, -0.2) is 148 Å². The number of hydrogen-bond acceptors (Lipinski definition) is 7. The second kappa shape index (κ2) is 15.3. The van der Waals surface area contributed by atoms with Gasteiger partial charge in [-0.25, -0.2) is 0 Å². The molecule has 0 heterocycles. The van der Waals surface area contributed by atoms with Gasteiger partial charge in [0.2, 0.25) is 0 Å². The Bertz CT molecular complexity index is 407. The summed E-state index contributed by atoms with van der Waals surface area (Å²) in [4.78, 5) is 29.6. The number of nitrogens with one attached hydrogen (secondary N) is 1. The molecular formula is C17H44Cl2N4O5Si. The third-order valence-electron chi connectivity index (χ3n) is 3.96. The van der Waals surface area contributed by atoms with Crippen molar-refractivity contribution >= 4 is 8.80 Å². The van der Waals surface area contributed by atoms with Crippen molar-refractivity contribution in [3.63, 3.8) is 0 Å². The van der Waals surface area contributed by atoms with Crippen molar-refractivity contribution in [1.29, 1.82) is 0 Å². The van der Waals surface area contributed by atoms with Gasteiger partial charge < -0.3 is 63.7 Å². The Morgan fingerprint density at radius 3 is 1.76 bits per heavy atom. The van der Waals surface area contributed by atoms with Crippen LogP contribution in [0.5, 0.6) is 0 Å². The first-order chi connectivity index (χ1) is 12.1. The largest absolute Gasteiger partial charge is 1.00 e. The molecule has 0 aromatic carbocycles. The maximum absolute atomic E-state index is 10.3. The zero-order chi connectivity index (χ0) is 21.3. The fourth-order valence-corrected chi connectivity index (χ4v) is 3.66. The second-order valence-corrected chi connectivity index (χ2v) is 11.7. The lowest BCUT2D eigenvalue weighted by molar-refractivity contribution is -0.873. The Hall–Kier alpha value is 0.437. The summed E-state index contributed by atoms with van der Waals surface area (Å²) >= 11 is 0. The van der Waals surface area contributed by atoms with Crippen LogP contribution in [0.3, 0.4) is 0 Å². The summed E-state index contributed by atoms with van der Waals surface area (Å²) in [6.45, 7) is 4.15. The third-order valence-corrected chi connectivity index (χ3v) is 4.98. The van der Waals surface area contributed by atoms with Gasteiger partial charge in [0.15, 0.2) is 0 Å². The second-order valence-electron chi connectivity index (χ2n) is 9.64. The SMILES string of the molecule is C[N+](C)(C)CC(O)CNCCN(CCC[Si](O)(O)O)CC(O)C[N+](C)(C)C.[Cl-].[Cl-]. The molecule has 0 amide bonds. The summed E-state index contributed by atoms with van der Waals surface area (Å²) in [5.41, 5.74) is 0. The fraction of sp³-hybridized carbons (Fsp3) is 1.00. The Balaban J connectivity index is -0.00000338. The van der Waals surface area contributed by atoms with Crippen molar-refractivity contribution < 1.29 is 58.4 Å². The molecule has 9 nitrogen and oxygen atoms in total. The molecule has 0 fully saturated rings. The lowest BCUT2D eigenvalue weighted by atomic mass is 10.2. The molecule has 0 spiro atoms. The lowest BCUT2D eigenvalue weighted by Gasteiger charge is -2.31. The summed E-state index contributed by atoms with van der Waals surface area (Å²) in [6, 6.07) is -0.00935. The average molecular weight is 484 g/mol. The molecule has 0 aliphatic carbocycles. The fourth-order valence-electron chi connectivity index (χ4n) is 3.02. The van der Waals surface area contributed by atoms with E-state index in [9.17, 15) is 24.6 Å². The molecule has 0 bridgehead atoms. The summed E-state index contributed by atoms with van der Waals surface area (Å²) in [5, 5.41) is 23.6. The van der Waals surface area contributed by atoms with Gasteiger partial charge in [-0.1, -0.05) is 0 Å². The zero-order valence-corrected chi connectivity index (χ0v) is 21.4. The first kappa shape index (κ1) is 34.1. The Labute approximate surface area is 190 Å². The number of likely N-dealkylation sites (N-methyl/N-ethyl adjacent to an activating group) is 2. The number of aliphatic hydroxyl groups is 2. The number of halogens is 2. The van der Waals surface area contributed by atoms with Gasteiger partial charge in [0, 0.05) is 32.2 Å². The molecule has 0 rings (SSSR count). The van der Waals surface area contributed by atoms with Gasteiger partial charge in [0.1, 0.15) is 25.3 Å². The maximum Gasteiger partial charge on any atom is 0.492 e. The van der Waals surface area contributed by atoms with E-state index in [1.165, 1.54) is 0 Å². The first-order valence-electron chi connectivity index (χ1n) is 9.65. The third kappa shape index (κ3) is 24.6. The molecule has 0 aromatic rings. The van der Waals surface area contributed by atoms with Gasteiger partial charge in [0.05, 0.1) is 42.3 Å². The summed E-state index contributed by atoms with van der Waals surface area (Å²) in [5.74, 6) is 0. The number of rotatable bonds is 15. The van der Waals surface area contributed by atoms with E-state index in [1.54, 1.807) is 0 Å². The van der Waals surface area contributed by atoms with Gasteiger partial charge in [-0.2, -0.15) is 0 Å². The van der Waals surface area contributed by atoms with Crippen molar-refractivity contribution in [2.45, 2.75) is 24.7 Å². The van der Waals surface area contributed by atoms with Gasteiger partial charge in [-0.3, -0.25) is 4.90 Å². The van der Waals surface area contributed by atoms with Gasteiger partial charge in [-0.05, 0) is 13.0 Å². The van der Waals surface area contributed by atoms with Crippen LogP contribution in [-0.2, 0) is 0 Å². The number of hydrogen-bond donors (Lipinski definition) is 6. The standard InChI is InChI=1S/C17H44N4O5Si.2ClH/c1-20(2,3)14-16(22)12-18-8-10-19(9-7-11-27(24,25)26)13-17(23)15-21(4,5)6;;/h16-18,22-26H,7-15H2,1-6H3;2*1H/q+2;;/p-2. The van der Waals surface area contributed by atoms with Crippen LogP contribution in [0.25, 0.3) is 0 Å². The lowest BCUT2D eigenvalue weighted by Crippen LogP contribution is -3.00. The van der Waals surface area contributed by atoms with Crippen LogP contribution >= 0.6 is 0 Å². The van der Waals surface area contributed by atoms with E-state index >= 15 is 0 Å². The van der Waals surface area contributed by atoms with Crippen molar-refractivity contribution in [2.24, 2.45) is 0 Å². The van der Waals surface area contributed by atoms with Gasteiger partial charge in [-0.15, -0.1) is 0 Å². The van der Waals surface area contributed by atoms with E-state index in [2.05, 4.69) is 10.2 Å².